The highest BCUT2D eigenvalue weighted by molar-refractivity contribution is 5.65. The van der Waals surface area contributed by atoms with Gasteiger partial charge in [0, 0.05) is 23.4 Å². The standard InChI is InChI=1S/C16H18N6O2/c1-16(2,24-15(17)23)9-12-5-3-11(4-6-12)7-13-8-14(21-22-18)20-10-19-13/h3-6,8,10H,7,9H2,1-2H3,(H2,17,23). The van der Waals surface area contributed by atoms with Gasteiger partial charge in [-0.2, -0.15) is 0 Å². The third kappa shape index (κ3) is 5.26. The molecule has 1 aromatic carbocycles. The molecule has 8 heteroatoms. The second kappa shape index (κ2) is 7.43. The number of rotatable bonds is 6. The average molecular weight is 326 g/mol. The summed E-state index contributed by atoms with van der Waals surface area (Å²) in [5, 5.41) is 3.46. The van der Waals surface area contributed by atoms with Crippen LogP contribution < -0.4 is 5.73 Å². The Hall–Kier alpha value is -3.12. The predicted octanol–water partition coefficient (Wildman–Crippen LogP) is 3.43. The zero-order chi connectivity index (χ0) is 17.6. The smallest absolute Gasteiger partial charge is 0.405 e. The number of azide groups is 1. The molecule has 1 aromatic heterocycles. The Morgan fingerprint density at radius 3 is 2.58 bits per heavy atom. The van der Waals surface area contributed by atoms with Crippen molar-refractivity contribution in [3.05, 3.63) is 63.9 Å². The van der Waals surface area contributed by atoms with Crippen molar-refractivity contribution in [3.63, 3.8) is 0 Å². The number of hydrogen-bond donors (Lipinski definition) is 1. The highest BCUT2D eigenvalue weighted by Gasteiger charge is 2.22. The zero-order valence-electron chi connectivity index (χ0n) is 13.5. The summed E-state index contributed by atoms with van der Waals surface area (Å²) in [5.74, 6) is 0.296. The van der Waals surface area contributed by atoms with E-state index < -0.39 is 11.7 Å². The van der Waals surface area contributed by atoms with Crippen LogP contribution in [0.25, 0.3) is 10.4 Å². The largest absolute Gasteiger partial charge is 0.443 e. The number of amides is 1. The molecule has 0 saturated carbocycles. The maximum atomic E-state index is 10.9. The molecule has 2 N–H and O–H groups in total. The fraction of sp³-hybridized carbons (Fsp3) is 0.312. The number of carbonyl (C=O) groups excluding carboxylic acids is 1. The van der Waals surface area contributed by atoms with Crippen LogP contribution in [0.15, 0.2) is 41.8 Å². The lowest BCUT2D eigenvalue weighted by Gasteiger charge is -2.24. The Bertz CT molecular complexity index is 766. The van der Waals surface area contributed by atoms with E-state index in [0.29, 0.717) is 18.7 Å². The fourth-order valence-electron chi connectivity index (χ4n) is 2.37. The first-order chi connectivity index (χ1) is 11.4. The summed E-state index contributed by atoms with van der Waals surface area (Å²) in [6.45, 7) is 3.62. The Labute approximate surface area is 139 Å². The Morgan fingerprint density at radius 1 is 1.29 bits per heavy atom. The van der Waals surface area contributed by atoms with Gasteiger partial charge in [-0.05, 0) is 41.7 Å². The normalized spacial score (nSPS) is 10.8. The molecule has 1 heterocycles. The molecule has 0 radical (unpaired) electrons. The first-order valence-corrected chi connectivity index (χ1v) is 7.30. The number of carbonyl (C=O) groups is 1. The van der Waals surface area contributed by atoms with E-state index in [0.717, 1.165) is 16.8 Å². The van der Waals surface area contributed by atoms with Gasteiger partial charge in [0.25, 0.3) is 0 Å². The van der Waals surface area contributed by atoms with Gasteiger partial charge in [0.15, 0.2) is 0 Å². The van der Waals surface area contributed by atoms with Crippen molar-refractivity contribution in [2.24, 2.45) is 10.8 Å². The van der Waals surface area contributed by atoms with Crippen LogP contribution in [0.1, 0.15) is 30.7 Å². The van der Waals surface area contributed by atoms with Crippen molar-refractivity contribution in [2.75, 3.05) is 0 Å². The van der Waals surface area contributed by atoms with Crippen LogP contribution in [0, 0.1) is 0 Å². The molecule has 24 heavy (non-hydrogen) atoms. The van der Waals surface area contributed by atoms with E-state index in [-0.39, 0.29) is 0 Å². The van der Waals surface area contributed by atoms with Crippen LogP contribution >= 0.6 is 0 Å². The van der Waals surface area contributed by atoms with Crippen LogP contribution in [-0.4, -0.2) is 21.7 Å². The molecule has 8 nitrogen and oxygen atoms in total. The third-order valence-corrected chi connectivity index (χ3v) is 3.27. The summed E-state index contributed by atoms with van der Waals surface area (Å²) in [4.78, 5) is 21.6. The van der Waals surface area contributed by atoms with Crippen molar-refractivity contribution in [3.8, 4) is 0 Å². The SMILES string of the molecule is CC(C)(Cc1ccc(Cc2cc(N=[N+]=[N-])ncn2)cc1)OC(N)=O. The van der Waals surface area contributed by atoms with E-state index in [1.165, 1.54) is 6.33 Å². The van der Waals surface area contributed by atoms with E-state index in [4.69, 9.17) is 16.0 Å². The molecule has 0 atom stereocenters. The molecule has 0 saturated heterocycles. The zero-order valence-corrected chi connectivity index (χ0v) is 13.5. The molecular formula is C16H18N6O2. The Balaban J connectivity index is 2.05. The van der Waals surface area contributed by atoms with E-state index in [1.807, 2.05) is 38.1 Å². The lowest BCUT2D eigenvalue weighted by Crippen LogP contribution is -2.33. The number of benzene rings is 1. The van der Waals surface area contributed by atoms with Gasteiger partial charge in [-0.25, -0.2) is 14.8 Å². The first-order valence-electron chi connectivity index (χ1n) is 7.30. The van der Waals surface area contributed by atoms with Crippen molar-refractivity contribution < 1.29 is 9.53 Å². The number of aromatic nitrogens is 2. The van der Waals surface area contributed by atoms with E-state index in [2.05, 4.69) is 20.0 Å². The Kier molecular flexibility index (Phi) is 5.34. The van der Waals surface area contributed by atoms with Crippen LogP contribution in [0.2, 0.25) is 0 Å². The minimum Gasteiger partial charge on any atom is -0.443 e. The lowest BCUT2D eigenvalue weighted by molar-refractivity contribution is 0.0460. The summed E-state index contributed by atoms with van der Waals surface area (Å²) < 4.78 is 5.09. The van der Waals surface area contributed by atoms with E-state index in [9.17, 15) is 4.79 Å². The summed E-state index contributed by atoms with van der Waals surface area (Å²) in [7, 11) is 0. The number of nitrogens with two attached hydrogens (primary N) is 1. The van der Waals surface area contributed by atoms with E-state index in [1.54, 1.807) is 6.07 Å². The number of nitrogens with zero attached hydrogens (tertiary/aromatic N) is 5. The molecule has 0 fully saturated rings. The molecule has 0 aliphatic rings. The number of ether oxygens (including phenoxy) is 1. The highest BCUT2D eigenvalue weighted by atomic mass is 16.6. The van der Waals surface area contributed by atoms with Crippen molar-refractivity contribution >= 4 is 11.9 Å². The average Bonchev–Trinajstić information content (AvgIpc) is 2.48. The molecule has 0 aliphatic carbocycles. The highest BCUT2D eigenvalue weighted by Crippen LogP contribution is 2.19. The van der Waals surface area contributed by atoms with Gasteiger partial charge in [-0.15, -0.1) is 0 Å². The minimum atomic E-state index is -0.781. The first kappa shape index (κ1) is 17.2. The molecular weight excluding hydrogens is 308 g/mol. The monoisotopic (exact) mass is 326 g/mol. The molecule has 0 bridgehead atoms. The fourth-order valence-corrected chi connectivity index (χ4v) is 2.37. The van der Waals surface area contributed by atoms with Crippen molar-refractivity contribution in [1.29, 1.82) is 0 Å². The van der Waals surface area contributed by atoms with Gasteiger partial charge in [0.05, 0.1) is 0 Å². The van der Waals surface area contributed by atoms with Gasteiger partial charge < -0.3 is 10.5 Å². The van der Waals surface area contributed by atoms with Gasteiger partial charge in [0.1, 0.15) is 17.7 Å². The van der Waals surface area contributed by atoms with Crippen LogP contribution in [0.5, 0.6) is 0 Å². The summed E-state index contributed by atoms with van der Waals surface area (Å²) >= 11 is 0. The third-order valence-electron chi connectivity index (χ3n) is 3.27. The van der Waals surface area contributed by atoms with Gasteiger partial charge in [-0.3, -0.25) is 0 Å². The van der Waals surface area contributed by atoms with Crippen molar-refractivity contribution in [1.82, 2.24) is 9.97 Å². The molecule has 2 rings (SSSR count). The van der Waals surface area contributed by atoms with Gasteiger partial charge in [-0.1, -0.05) is 24.3 Å². The van der Waals surface area contributed by atoms with Crippen LogP contribution in [0.3, 0.4) is 0 Å². The topological polar surface area (TPSA) is 127 Å². The van der Waals surface area contributed by atoms with E-state index >= 15 is 0 Å². The summed E-state index contributed by atoms with van der Waals surface area (Å²) in [6.07, 6.45) is 1.75. The number of primary amides is 1. The predicted molar refractivity (Wildman–Crippen MR) is 88.5 cm³/mol. The molecule has 0 aliphatic heterocycles. The maximum Gasteiger partial charge on any atom is 0.405 e. The molecule has 0 unspecified atom stereocenters. The molecule has 2 aromatic rings. The second-order valence-corrected chi connectivity index (χ2v) is 5.91. The minimum absolute atomic E-state index is 0.296. The number of hydrogen-bond acceptors (Lipinski definition) is 5. The van der Waals surface area contributed by atoms with Crippen LogP contribution in [0.4, 0.5) is 10.6 Å². The molecule has 124 valence electrons. The molecule has 1 amide bonds. The Morgan fingerprint density at radius 2 is 1.96 bits per heavy atom. The van der Waals surface area contributed by atoms with Gasteiger partial charge >= 0.3 is 6.09 Å². The maximum absolute atomic E-state index is 10.9. The lowest BCUT2D eigenvalue weighted by atomic mass is 9.97. The second-order valence-electron chi connectivity index (χ2n) is 5.91. The van der Waals surface area contributed by atoms with Crippen molar-refractivity contribution in [2.45, 2.75) is 32.3 Å². The summed E-state index contributed by atoms with van der Waals surface area (Å²) in [6, 6.07) is 9.54. The molecule has 0 spiro atoms. The van der Waals surface area contributed by atoms with Gasteiger partial charge in [0.2, 0.25) is 0 Å². The quantitative estimate of drug-likeness (QED) is 0.495. The van der Waals surface area contributed by atoms with Crippen LogP contribution in [-0.2, 0) is 17.6 Å². The summed E-state index contributed by atoms with van der Waals surface area (Å²) in [5.41, 5.74) is 15.7.